The lowest BCUT2D eigenvalue weighted by molar-refractivity contribution is -0.275. The number of imidazole rings is 1. The molecule has 1 amide bonds. The zero-order valence-corrected chi connectivity index (χ0v) is 20.3. The molecule has 0 radical (unpaired) electrons. The lowest BCUT2D eigenvalue weighted by atomic mass is 9.77. The Bertz CT molecular complexity index is 1420. The topological polar surface area (TPSA) is 67.5 Å². The Morgan fingerprint density at radius 1 is 1.18 bits per heavy atom. The second-order valence-electron chi connectivity index (χ2n) is 9.81. The molecule has 0 aliphatic carbocycles. The molecule has 5 rings (SSSR count). The van der Waals surface area contributed by atoms with Crippen LogP contribution in [-0.4, -0.2) is 58.7 Å². The summed E-state index contributed by atoms with van der Waals surface area (Å²) in [5.41, 5.74) is -2.10. The van der Waals surface area contributed by atoms with Gasteiger partial charge in [0, 0.05) is 23.0 Å². The molecular formula is C25H22F7N3O3. The highest BCUT2D eigenvalue weighted by Gasteiger charge is 2.65. The normalized spacial score (nSPS) is 27.0. The van der Waals surface area contributed by atoms with Crippen LogP contribution in [0.4, 0.5) is 30.7 Å². The monoisotopic (exact) mass is 545 g/mol. The van der Waals surface area contributed by atoms with E-state index in [1.54, 1.807) is 0 Å². The van der Waals surface area contributed by atoms with Gasteiger partial charge >= 0.3 is 6.18 Å². The van der Waals surface area contributed by atoms with Crippen LogP contribution in [0.5, 0.6) is 5.75 Å². The number of likely N-dealkylation sites (tertiary alicyclic amines) is 1. The predicted molar refractivity (Wildman–Crippen MR) is 120 cm³/mol. The molecule has 204 valence electrons. The van der Waals surface area contributed by atoms with Gasteiger partial charge in [0.25, 0.3) is 11.8 Å². The first-order chi connectivity index (χ1) is 17.7. The SMILES string of the molecule is COc1c([C@H]2[C@H](c3nc4ccc(C(=O)N5CC(F)(F)C5)cc4[nH]3)O[C@@](C)(C(F)(F)F)[C@H]2C)ccc(F)c1F. The lowest BCUT2D eigenvalue weighted by Crippen LogP contribution is -2.58. The van der Waals surface area contributed by atoms with Gasteiger partial charge in [0.05, 0.1) is 31.2 Å². The maximum absolute atomic E-state index is 14.6. The van der Waals surface area contributed by atoms with E-state index in [0.29, 0.717) is 0 Å². The first kappa shape index (κ1) is 26.3. The van der Waals surface area contributed by atoms with E-state index in [1.807, 2.05) is 0 Å². The van der Waals surface area contributed by atoms with Crippen molar-refractivity contribution in [2.24, 2.45) is 5.92 Å². The van der Waals surface area contributed by atoms with E-state index in [2.05, 4.69) is 9.97 Å². The summed E-state index contributed by atoms with van der Waals surface area (Å²) in [6, 6.07) is 6.11. The number of nitrogens with one attached hydrogen (secondary N) is 1. The van der Waals surface area contributed by atoms with Crippen molar-refractivity contribution in [3.63, 3.8) is 0 Å². The number of carbonyl (C=O) groups excluding carboxylic acids is 1. The summed E-state index contributed by atoms with van der Waals surface area (Å²) in [5, 5.41) is 0. The standard InChI is InChI=1S/C25H22F7N3O3/c1-11-17(13-5-6-14(26)18(27)19(13)37-3)20(38-23(11,2)25(30,31)32)21-33-15-7-4-12(8-16(15)34-21)22(36)35-9-24(28,29)10-35/h4-8,11,17,20H,9-10H2,1-3H3,(H,33,34)/t11-,17-,20+,23+/m0/s1. The summed E-state index contributed by atoms with van der Waals surface area (Å²) in [5.74, 6) is -9.20. The molecule has 0 saturated carbocycles. The quantitative estimate of drug-likeness (QED) is 0.424. The van der Waals surface area contributed by atoms with Gasteiger partial charge in [-0.05, 0) is 31.2 Å². The summed E-state index contributed by atoms with van der Waals surface area (Å²) in [7, 11) is 1.08. The molecule has 0 bridgehead atoms. The van der Waals surface area contributed by atoms with Crippen molar-refractivity contribution >= 4 is 16.9 Å². The van der Waals surface area contributed by atoms with Crippen LogP contribution in [0, 0.1) is 17.6 Å². The summed E-state index contributed by atoms with van der Waals surface area (Å²) in [4.78, 5) is 20.7. The molecule has 2 saturated heterocycles. The smallest absolute Gasteiger partial charge is 0.417 e. The number of carbonyl (C=O) groups is 1. The van der Waals surface area contributed by atoms with E-state index >= 15 is 0 Å². The third kappa shape index (κ3) is 3.98. The molecule has 2 fully saturated rings. The Labute approximate surface area is 211 Å². The van der Waals surface area contributed by atoms with Gasteiger partial charge in [0.2, 0.25) is 5.82 Å². The Balaban J connectivity index is 1.57. The van der Waals surface area contributed by atoms with Crippen LogP contribution in [0.2, 0.25) is 0 Å². The maximum atomic E-state index is 14.6. The van der Waals surface area contributed by atoms with E-state index in [9.17, 15) is 35.5 Å². The van der Waals surface area contributed by atoms with Crippen LogP contribution in [0.1, 0.15) is 47.6 Å². The van der Waals surface area contributed by atoms with Crippen LogP contribution in [0.15, 0.2) is 30.3 Å². The molecule has 1 N–H and O–H groups in total. The minimum atomic E-state index is -4.82. The van der Waals surface area contributed by atoms with Gasteiger partial charge in [-0.1, -0.05) is 13.0 Å². The number of aromatic amines is 1. The number of amides is 1. The first-order valence-corrected chi connectivity index (χ1v) is 11.6. The van der Waals surface area contributed by atoms with Crippen molar-refractivity contribution in [2.45, 2.75) is 43.6 Å². The summed E-state index contributed by atoms with van der Waals surface area (Å²) in [6.07, 6.45) is -6.22. The highest BCUT2D eigenvalue weighted by Crippen LogP contribution is 2.59. The van der Waals surface area contributed by atoms with Crippen molar-refractivity contribution < 1.29 is 45.0 Å². The van der Waals surface area contributed by atoms with Gasteiger partial charge in [-0.2, -0.15) is 17.6 Å². The van der Waals surface area contributed by atoms with Gasteiger partial charge < -0.3 is 19.4 Å². The van der Waals surface area contributed by atoms with Gasteiger partial charge in [0.1, 0.15) is 11.9 Å². The largest absolute Gasteiger partial charge is 0.493 e. The molecule has 3 heterocycles. The van der Waals surface area contributed by atoms with Gasteiger partial charge in [-0.15, -0.1) is 0 Å². The number of hydrogen-bond acceptors (Lipinski definition) is 4. The van der Waals surface area contributed by atoms with E-state index < -0.39 is 72.0 Å². The molecule has 1 aromatic heterocycles. The van der Waals surface area contributed by atoms with Crippen LogP contribution in [0.3, 0.4) is 0 Å². The van der Waals surface area contributed by atoms with E-state index in [1.165, 1.54) is 25.1 Å². The average Bonchev–Trinajstić information content (AvgIpc) is 3.37. The van der Waals surface area contributed by atoms with E-state index in [0.717, 1.165) is 31.1 Å². The third-order valence-electron chi connectivity index (χ3n) is 7.46. The van der Waals surface area contributed by atoms with Crippen molar-refractivity contribution in [1.29, 1.82) is 0 Å². The third-order valence-corrected chi connectivity index (χ3v) is 7.46. The molecule has 38 heavy (non-hydrogen) atoms. The first-order valence-electron chi connectivity index (χ1n) is 11.6. The van der Waals surface area contributed by atoms with Crippen molar-refractivity contribution in [2.75, 3.05) is 20.2 Å². The fourth-order valence-electron chi connectivity index (χ4n) is 5.18. The summed E-state index contributed by atoms with van der Waals surface area (Å²) < 4.78 is 108. The second-order valence-corrected chi connectivity index (χ2v) is 9.81. The zero-order chi connectivity index (χ0) is 27.8. The molecular weight excluding hydrogens is 523 g/mol. The average molecular weight is 545 g/mol. The molecule has 2 aromatic carbocycles. The molecule has 13 heteroatoms. The second kappa shape index (κ2) is 8.58. The minimum absolute atomic E-state index is 0.0353. The van der Waals surface area contributed by atoms with Crippen molar-refractivity contribution in [3.05, 3.63) is 58.9 Å². The molecule has 4 atom stereocenters. The van der Waals surface area contributed by atoms with E-state index in [-0.39, 0.29) is 28.0 Å². The van der Waals surface area contributed by atoms with E-state index in [4.69, 9.17) is 9.47 Å². The number of benzene rings is 2. The number of rotatable bonds is 4. The summed E-state index contributed by atoms with van der Waals surface area (Å²) >= 11 is 0. The number of ether oxygens (including phenoxy) is 2. The fourth-order valence-corrected chi connectivity index (χ4v) is 5.18. The van der Waals surface area contributed by atoms with Crippen LogP contribution in [-0.2, 0) is 4.74 Å². The predicted octanol–water partition coefficient (Wildman–Crippen LogP) is 5.75. The number of aromatic nitrogens is 2. The Hall–Kier alpha value is -3.35. The Morgan fingerprint density at radius 2 is 1.87 bits per heavy atom. The molecule has 2 aliphatic heterocycles. The van der Waals surface area contributed by atoms with Crippen molar-refractivity contribution in [3.8, 4) is 5.75 Å². The number of nitrogens with zero attached hydrogens (tertiary/aromatic N) is 2. The number of H-pyrrole nitrogens is 1. The van der Waals surface area contributed by atoms with Crippen LogP contribution in [0.25, 0.3) is 11.0 Å². The highest BCUT2D eigenvalue weighted by atomic mass is 19.4. The number of fused-ring (bicyclic) bond motifs is 1. The van der Waals surface area contributed by atoms with Gasteiger partial charge in [-0.25, -0.2) is 18.2 Å². The molecule has 0 spiro atoms. The van der Waals surface area contributed by atoms with Crippen molar-refractivity contribution in [1.82, 2.24) is 14.9 Å². The number of halogens is 7. The number of hydrogen-bond donors (Lipinski definition) is 1. The number of methoxy groups -OCH3 is 1. The van der Waals surface area contributed by atoms with Crippen LogP contribution < -0.4 is 4.74 Å². The highest BCUT2D eigenvalue weighted by molar-refractivity contribution is 5.98. The fraction of sp³-hybridized carbons (Fsp3) is 0.440. The number of alkyl halides is 5. The molecule has 2 aliphatic rings. The molecule has 6 nitrogen and oxygen atoms in total. The van der Waals surface area contributed by atoms with Crippen LogP contribution >= 0.6 is 0 Å². The molecule has 0 unspecified atom stereocenters. The van der Waals surface area contributed by atoms with Gasteiger partial charge in [0.15, 0.2) is 17.2 Å². The summed E-state index contributed by atoms with van der Waals surface area (Å²) in [6.45, 7) is 0.750. The minimum Gasteiger partial charge on any atom is -0.493 e. The van der Waals surface area contributed by atoms with Gasteiger partial charge in [-0.3, -0.25) is 4.79 Å². The molecule has 3 aromatic rings. The Morgan fingerprint density at radius 3 is 2.47 bits per heavy atom. The zero-order valence-electron chi connectivity index (χ0n) is 20.3. The maximum Gasteiger partial charge on any atom is 0.417 e. The Kier molecular flexibility index (Phi) is 5.93. The lowest BCUT2D eigenvalue weighted by Gasteiger charge is -2.38.